The fourth-order valence-corrected chi connectivity index (χ4v) is 2.72. The first-order chi connectivity index (χ1) is 11.3. The first-order valence-corrected chi connectivity index (χ1v) is 8.72. The highest BCUT2D eigenvalue weighted by Gasteiger charge is 2.13. The number of aliphatic hydroxyl groups is 2. The highest BCUT2D eigenvalue weighted by molar-refractivity contribution is 5.30. The third kappa shape index (κ3) is 5.77. The van der Waals surface area contributed by atoms with Crippen LogP contribution >= 0.6 is 0 Å². The van der Waals surface area contributed by atoms with Crippen molar-refractivity contribution < 1.29 is 10.2 Å². The van der Waals surface area contributed by atoms with Crippen molar-refractivity contribution in [1.29, 1.82) is 0 Å². The van der Waals surface area contributed by atoms with E-state index in [9.17, 15) is 10.2 Å². The first kappa shape index (κ1) is 20.4. The number of hydrogen-bond donors (Lipinski definition) is 2. The number of aliphatic hydroxyl groups excluding tert-OH is 2. The Bertz CT molecular complexity index is 561. The summed E-state index contributed by atoms with van der Waals surface area (Å²) in [5, 5.41) is 18.8. The van der Waals surface area contributed by atoms with Crippen LogP contribution in [0.2, 0.25) is 0 Å². The van der Waals surface area contributed by atoms with Gasteiger partial charge in [0.1, 0.15) is 0 Å². The molecule has 2 rings (SSSR count). The van der Waals surface area contributed by atoms with Gasteiger partial charge in [0, 0.05) is 11.8 Å². The van der Waals surface area contributed by atoms with Crippen molar-refractivity contribution in [2.24, 2.45) is 0 Å². The van der Waals surface area contributed by atoms with Crippen LogP contribution in [-0.2, 0) is 0 Å². The van der Waals surface area contributed by atoms with Gasteiger partial charge in [-0.05, 0) is 49.9 Å². The van der Waals surface area contributed by atoms with Gasteiger partial charge in [-0.2, -0.15) is 0 Å². The van der Waals surface area contributed by atoms with Crippen molar-refractivity contribution in [3.63, 3.8) is 0 Å². The average Bonchev–Trinajstić information content (AvgIpc) is 2.55. The quantitative estimate of drug-likeness (QED) is 0.833. The smallest absolute Gasteiger partial charge is 0.0578 e. The number of hydrogen-bond acceptors (Lipinski definition) is 2. The molecule has 2 N–H and O–H groups in total. The lowest BCUT2D eigenvalue weighted by Crippen LogP contribution is -2.11. The zero-order valence-corrected chi connectivity index (χ0v) is 15.8. The molecule has 4 atom stereocenters. The zero-order valence-electron chi connectivity index (χ0n) is 15.8. The van der Waals surface area contributed by atoms with Gasteiger partial charge in [-0.1, -0.05) is 62.4 Å². The van der Waals surface area contributed by atoms with Crippen molar-refractivity contribution in [2.75, 3.05) is 0 Å². The predicted molar refractivity (Wildman–Crippen MR) is 103 cm³/mol. The van der Waals surface area contributed by atoms with Crippen LogP contribution in [-0.4, -0.2) is 22.4 Å². The number of rotatable bonds is 4. The summed E-state index contributed by atoms with van der Waals surface area (Å²) in [5.41, 5.74) is 5.00. The van der Waals surface area contributed by atoms with Crippen LogP contribution in [0.1, 0.15) is 61.8 Å². The van der Waals surface area contributed by atoms with E-state index in [0.29, 0.717) is 0 Å². The monoisotopic (exact) mass is 328 g/mol. The summed E-state index contributed by atoms with van der Waals surface area (Å²) in [6, 6.07) is 16.4. The van der Waals surface area contributed by atoms with Crippen molar-refractivity contribution in [3.8, 4) is 0 Å². The van der Waals surface area contributed by atoms with Gasteiger partial charge in [0.2, 0.25) is 0 Å². The molecule has 2 nitrogen and oxygen atoms in total. The molecule has 2 aromatic carbocycles. The Morgan fingerprint density at radius 1 is 0.583 bits per heavy atom. The summed E-state index contributed by atoms with van der Waals surface area (Å²) in [6.45, 7) is 11.9. The molecule has 0 heterocycles. The van der Waals surface area contributed by atoms with Crippen LogP contribution < -0.4 is 0 Å². The second kappa shape index (κ2) is 9.61. The molecule has 0 aliphatic heterocycles. The molecule has 2 aromatic rings. The van der Waals surface area contributed by atoms with E-state index in [2.05, 4.69) is 38.1 Å². The molecule has 2 heteroatoms. The van der Waals surface area contributed by atoms with E-state index in [4.69, 9.17) is 0 Å². The standard InChI is InChI=1S/2C11H16O/c2*1-8-6-4-5-7-11(8)9(2)10(3)12/h2*4-7,9-10,12H,1-3H3/t2*9-,10+/m10/s1. The van der Waals surface area contributed by atoms with Gasteiger partial charge in [0.15, 0.2) is 0 Å². The molecule has 24 heavy (non-hydrogen) atoms. The van der Waals surface area contributed by atoms with Crippen LogP contribution in [0.25, 0.3) is 0 Å². The molecular weight excluding hydrogens is 296 g/mol. The van der Waals surface area contributed by atoms with Gasteiger partial charge in [0.05, 0.1) is 12.2 Å². The fraction of sp³-hybridized carbons (Fsp3) is 0.455. The Kier molecular flexibility index (Phi) is 8.17. The largest absolute Gasteiger partial charge is 0.393 e. The molecule has 0 saturated carbocycles. The predicted octanol–water partition coefficient (Wildman–Crippen LogP) is 4.96. The van der Waals surface area contributed by atoms with Crippen molar-refractivity contribution in [1.82, 2.24) is 0 Å². The third-order valence-corrected chi connectivity index (χ3v) is 4.81. The number of benzene rings is 2. The highest BCUT2D eigenvalue weighted by Crippen LogP contribution is 2.22. The van der Waals surface area contributed by atoms with E-state index < -0.39 is 0 Å². The minimum Gasteiger partial charge on any atom is -0.393 e. The SMILES string of the molecule is Cc1ccccc1[C@@H](C)[C@@H](C)O.Cc1ccccc1[C@H](C)[C@H](C)O. The lowest BCUT2D eigenvalue weighted by Gasteiger charge is -2.16. The molecule has 0 unspecified atom stereocenters. The van der Waals surface area contributed by atoms with Gasteiger partial charge in [-0.15, -0.1) is 0 Å². The van der Waals surface area contributed by atoms with E-state index in [1.807, 2.05) is 52.0 Å². The Labute approximate surface area is 147 Å². The maximum absolute atomic E-state index is 9.40. The Balaban J connectivity index is 0.000000240. The number of aryl methyl sites for hydroxylation is 2. The van der Waals surface area contributed by atoms with Crippen molar-refractivity contribution >= 4 is 0 Å². The van der Waals surface area contributed by atoms with Gasteiger partial charge < -0.3 is 10.2 Å². The Morgan fingerprint density at radius 2 is 0.875 bits per heavy atom. The minimum absolute atomic E-state index is 0.228. The molecule has 0 bridgehead atoms. The van der Waals surface area contributed by atoms with Crippen LogP contribution in [0.3, 0.4) is 0 Å². The summed E-state index contributed by atoms with van der Waals surface area (Å²) in [5.74, 6) is 0.456. The third-order valence-electron chi connectivity index (χ3n) is 4.81. The van der Waals surface area contributed by atoms with Crippen LogP contribution in [0, 0.1) is 13.8 Å². The first-order valence-electron chi connectivity index (χ1n) is 8.72. The van der Waals surface area contributed by atoms with Gasteiger partial charge >= 0.3 is 0 Å². The summed E-state index contributed by atoms with van der Waals surface area (Å²) in [6.07, 6.45) is -0.544. The lowest BCUT2D eigenvalue weighted by molar-refractivity contribution is 0.168. The molecule has 0 aliphatic carbocycles. The van der Waals surface area contributed by atoms with E-state index in [-0.39, 0.29) is 24.0 Å². The fourth-order valence-electron chi connectivity index (χ4n) is 2.72. The lowest BCUT2D eigenvalue weighted by atomic mass is 9.93. The summed E-state index contributed by atoms with van der Waals surface area (Å²) >= 11 is 0. The van der Waals surface area contributed by atoms with Crippen molar-refractivity contribution in [2.45, 2.75) is 65.6 Å². The molecule has 0 amide bonds. The second-order valence-corrected chi connectivity index (χ2v) is 6.77. The van der Waals surface area contributed by atoms with Gasteiger partial charge in [0.25, 0.3) is 0 Å². The summed E-state index contributed by atoms with van der Waals surface area (Å²) < 4.78 is 0. The molecule has 0 fully saturated rings. The van der Waals surface area contributed by atoms with Crippen molar-refractivity contribution in [3.05, 3.63) is 70.8 Å². The molecule has 0 aliphatic rings. The normalized spacial score (nSPS) is 15.7. The molecule has 132 valence electrons. The summed E-state index contributed by atoms with van der Waals surface area (Å²) in [4.78, 5) is 0. The molecule has 0 spiro atoms. The summed E-state index contributed by atoms with van der Waals surface area (Å²) in [7, 11) is 0. The average molecular weight is 328 g/mol. The van der Waals surface area contributed by atoms with E-state index >= 15 is 0 Å². The molecule has 0 saturated heterocycles. The van der Waals surface area contributed by atoms with Crippen LogP contribution in [0.5, 0.6) is 0 Å². The highest BCUT2D eigenvalue weighted by atomic mass is 16.3. The van der Waals surface area contributed by atoms with Gasteiger partial charge in [-0.25, -0.2) is 0 Å². The topological polar surface area (TPSA) is 40.5 Å². The van der Waals surface area contributed by atoms with E-state index in [1.54, 1.807) is 0 Å². The maximum atomic E-state index is 9.40. The van der Waals surface area contributed by atoms with E-state index in [1.165, 1.54) is 22.3 Å². The van der Waals surface area contributed by atoms with Gasteiger partial charge in [-0.3, -0.25) is 0 Å². The van der Waals surface area contributed by atoms with Crippen LogP contribution in [0.4, 0.5) is 0 Å². The Hall–Kier alpha value is -1.64. The zero-order chi connectivity index (χ0) is 18.3. The minimum atomic E-state index is -0.272. The maximum Gasteiger partial charge on any atom is 0.0578 e. The second-order valence-electron chi connectivity index (χ2n) is 6.77. The Morgan fingerprint density at radius 3 is 1.12 bits per heavy atom. The van der Waals surface area contributed by atoms with Crippen LogP contribution in [0.15, 0.2) is 48.5 Å². The molecular formula is C22H32O2. The van der Waals surface area contributed by atoms with E-state index in [0.717, 1.165) is 0 Å². The molecule has 0 aromatic heterocycles. The molecule has 0 radical (unpaired) electrons.